The first-order valence-corrected chi connectivity index (χ1v) is 10.9. The highest BCUT2D eigenvalue weighted by atomic mass is 19.3. The van der Waals surface area contributed by atoms with Crippen LogP contribution in [0.15, 0.2) is 52.0 Å². The Labute approximate surface area is 193 Å². The number of ether oxygens (including phenoxy) is 1. The fraction of sp³-hybridized carbons (Fsp3) is 0.391. The van der Waals surface area contributed by atoms with Crippen LogP contribution in [0.5, 0.6) is 5.75 Å². The molecule has 3 heterocycles. The van der Waals surface area contributed by atoms with Crippen LogP contribution in [-0.4, -0.2) is 43.3 Å². The molecule has 3 aromatic heterocycles. The third-order valence-corrected chi connectivity index (χ3v) is 5.61. The number of carbonyl (C=O) groups excluding carboxylic acids is 1. The van der Waals surface area contributed by atoms with E-state index in [9.17, 15) is 18.4 Å². The Morgan fingerprint density at radius 2 is 2.03 bits per heavy atom. The van der Waals surface area contributed by atoms with Gasteiger partial charge < -0.3 is 10.1 Å². The summed E-state index contributed by atoms with van der Waals surface area (Å²) in [6.07, 6.45) is 3.23. The first-order valence-electron chi connectivity index (χ1n) is 10.9. The molecule has 4 rings (SSSR count). The van der Waals surface area contributed by atoms with Crippen LogP contribution in [-0.2, 0) is 4.79 Å². The second kappa shape index (κ2) is 8.88. The van der Waals surface area contributed by atoms with Gasteiger partial charge in [-0.1, -0.05) is 25.9 Å². The Bertz CT molecular complexity index is 1390. The van der Waals surface area contributed by atoms with Crippen molar-refractivity contribution in [1.29, 1.82) is 0 Å². The van der Waals surface area contributed by atoms with Crippen molar-refractivity contribution in [3.63, 3.8) is 0 Å². The van der Waals surface area contributed by atoms with Gasteiger partial charge in [0.15, 0.2) is 5.65 Å². The fourth-order valence-corrected chi connectivity index (χ4v) is 3.80. The number of hydrogen-bond donors (Lipinski definition) is 1. The molecule has 34 heavy (non-hydrogen) atoms. The molecule has 0 unspecified atom stereocenters. The number of nitrogens with one attached hydrogen (secondary N) is 1. The van der Waals surface area contributed by atoms with Crippen LogP contribution in [0.25, 0.3) is 22.2 Å². The molecule has 1 amide bonds. The van der Waals surface area contributed by atoms with Crippen molar-refractivity contribution in [2.75, 3.05) is 0 Å². The van der Waals surface area contributed by atoms with Gasteiger partial charge in [-0.25, -0.2) is 13.9 Å². The smallest absolute Gasteiger partial charge is 0.446 e. The van der Waals surface area contributed by atoms with Gasteiger partial charge in [0.1, 0.15) is 11.9 Å². The highest BCUT2D eigenvalue weighted by Crippen LogP contribution is 2.26. The predicted molar refractivity (Wildman–Crippen MR) is 120 cm³/mol. The minimum Gasteiger partial charge on any atom is -0.488 e. The van der Waals surface area contributed by atoms with E-state index >= 15 is 0 Å². The summed E-state index contributed by atoms with van der Waals surface area (Å²) in [6, 6.07) is 8.17. The van der Waals surface area contributed by atoms with Crippen LogP contribution >= 0.6 is 0 Å². The van der Waals surface area contributed by atoms with Gasteiger partial charge >= 0.3 is 11.7 Å². The highest BCUT2D eigenvalue weighted by Gasteiger charge is 2.36. The summed E-state index contributed by atoms with van der Waals surface area (Å²) in [7, 11) is 0. The normalized spacial score (nSPS) is 14.0. The molecule has 11 heteroatoms. The Morgan fingerprint density at radius 3 is 2.71 bits per heavy atom. The highest BCUT2D eigenvalue weighted by molar-refractivity contribution is 5.83. The number of halogens is 2. The van der Waals surface area contributed by atoms with E-state index in [-0.39, 0.29) is 5.92 Å². The van der Waals surface area contributed by atoms with Crippen LogP contribution in [0.2, 0.25) is 0 Å². The van der Waals surface area contributed by atoms with E-state index in [1.54, 1.807) is 41.3 Å². The fourth-order valence-electron chi connectivity index (χ4n) is 3.80. The molecule has 9 nitrogen and oxygen atoms in total. The Hall–Kier alpha value is -3.76. The molecule has 0 fully saturated rings. The first-order chi connectivity index (χ1) is 16.1. The Kier molecular flexibility index (Phi) is 6.11. The van der Waals surface area contributed by atoms with Gasteiger partial charge in [-0.2, -0.15) is 13.9 Å². The van der Waals surface area contributed by atoms with Gasteiger partial charge in [-0.05, 0) is 42.7 Å². The zero-order valence-electron chi connectivity index (χ0n) is 19.2. The van der Waals surface area contributed by atoms with Crippen molar-refractivity contribution in [1.82, 2.24) is 24.7 Å². The lowest BCUT2D eigenvalue weighted by Crippen LogP contribution is -2.52. The molecule has 0 saturated carbocycles. The monoisotopic (exact) mass is 473 g/mol. The summed E-state index contributed by atoms with van der Waals surface area (Å²) in [5.74, 6) is -5.00. The minimum atomic E-state index is -3.47. The van der Waals surface area contributed by atoms with Crippen molar-refractivity contribution in [3.8, 4) is 11.4 Å². The lowest BCUT2D eigenvalue weighted by atomic mass is 9.96. The molecular formula is C23H25F2N5O4. The number of fused-ring (bicyclic) bond motifs is 2. The van der Waals surface area contributed by atoms with E-state index in [1.165, 1.54) is 4.40 Å². The molecule has 1 aromatic carbocycles. The third kappa shape index (κ3) is 4.50. The van der Waals surface area contributed by atoms with Crippen molar-refractivity contribution in [2.45, 2.75) is 52.2 Å². The number of nitrogens with zero attached hydrogens (tertiary/aromatic N) is 4. The Morgan fingerprint density at radius 1 is 1.26 bits per heavy atom. The van der Waals surface area contributed by atoms with E-state index in [2.05, 4.69) is 20.1 Å². The molecular weight excluding hydrogens is 448 g/mol. The lowest BCUT2D eigenvalue weighted by Gasteiger charge is -2.31. The summed E-state index contributed by atoms with van der Waals surface area (Å²) in [6.45, 7) is 6.13. The molecule has 0 aliphatic rings. The van der Waals surface area contributed by atoms with Crippen LogP contribution in [0, 0.1) is 5.92 Å². The molecule has 0 spiro atoms. The summed E-state index contributed by atoms with van der Waals surface area (Å²) in [5, 5.41) is 11.3. The van der Waals surface area contributed by atoms with E-state index in [4.69, 9.17) is 4.74 Å². The summed E-state index contributed by atoms with van der Waals surface area (Å²) < 4.78 is 40.6. The van der Waals surface area contributed by atoms with Gasteiger partial charge in [0, 0.05) is 18.5 Å². The number of aromatic nitrogens is 4. The maximum Gasteiger partial charge on any atom is 0.446 e. The summed E-state index contributed by atoms with van der Waals surface area (Å²) in [5.41, 5.74) is 1.79. The average molecular weight is 473 g/mol. The van der Waals surface area contributed by atoms with Crippen molar-refractivity contribution >= 4 is 22.5 Å². The van der Waals surface area contributed by atoms with E-state index in [0.29, 0.717) is 30.4 Å². The average Bonchev–Trinajstić information content (AvgIpc) is 3.38. The number of alkyl halides is 2. The molecule has 0 bridgehead atoms. The van der Waals surface area contributed by atoms with Gasteiger partial charge in [-0.3, -0.25) is 9.32 Å². The van der Waals surface area contributed by atoms with Crippen LogP contribution in [0.4, 0.5) is 8.78 Å². The largest absolute Gasteiger partial charge is 0.488 e. The zero-order chi connectivity index (χ0) is 24.6. The number of carbonyl (C=O) groups is 1. The maximum atomic E-state index is 13.5. The molecule has 0 radical (unpaired) electrons. The maximum absolute atomic E-state index is 13.5. The second-order valence-corrected chi connectivity index (χ2v) is 8.54. The topological polar surface area (TPSA) is 104 Å². The SMILES string of the molecule is CC[C@@H](Oc1ccc2c(cnn2-c2ccc3noc(=O)n3c2)c1)[C@@H](NC(=O)C(C)(F)F)C(C)C. The van der Waals surface area contributed by atoms with Crippen molar-refractivity contribution in [2.24, 2.45) is 5.92 Å². The van der Waals surface area contributed by atoms with Crippen LogP contribution < -0.4 is 15.8 Å². The molecule has 0 aliphatic carbocycles. The predicted octanol–water partition coefficient (Wildman–Crippen LogP) is 3.58. The number of benzene rings is 1. The van der Waals surface area contributed by atoms with Gasteiger partial charge in [0.05, 0.1) is 23.4 Å². The van der Waals surface area contributed by atoms with Gasteiger partial charge in [0.2, 0.25) is 0 Å². The van der Waals surface area contributed by atoms with Crippen LogP contribution in [0.3, 0.4) is 0 Å². The van der Waals surface area contributed by atoms with Crippen molar-refractivity contribution < 1.29 is 22.8 Å². The van der Waals surface area contributed by atoms with Crippen LogP contribution in [0.1, 0.15) is 34.1 Å². The molecule has 180 valence electrons. The standard InChI is InChI=1S/C23H25F2N5O4/c1-5-18(20(13(2)3)27-21(31)23(4,24)25)33-16-7-8-17-14(10-16)11-26-30(17)15-6-9-19-28-34-22(32)29(19)12-15/h6-13,18,20H,5H2,1-4H3,(H,27,31)/t18-,20+/m1/s1. The molecule has 1 N–H and O–H groups in total. The Balaban J connectivity index is 1.60. The van der Waals surface area contributed by atoms with Crippen molar-refractivity contribution in [3.05, 3.63) is 53.3 Å². The number of rotatable bonds is 8. The summed E-state index contributed by atoms with van der Waals surface area (Å²) in [4.78, 5) is 23.7. The first kappa shape index (κ1) is 23.4. The van der Waals surface area contributed by atoms with Gasteiger partial charge in [-0.15, -0.1) is 0 Å². The molecule has 4 aromatic rings. The second-order valence-electron chi connectivity index (χ2n) is 8.54. The molecule has 0 aliphatic heterocycles. The van der Waals surface area contributed by atoms with E-state index in [0.717, 1.165) is 10.9 Å². The summed E-state index contributed by atoms with van der Waals surface area (Å²) >= 11 is 0. The quantitative estimate of drug-likeness (QED) is 0.420. The number of hydrogen-bond acceptors (Lipinski definition) is 6. The lowest BCUT2D eigenvalue weighted by molar-refractivity contribution is -0.145. The van der Waals surface area contributed by atoms with E-state index < -0.39 is 29.7 Å². The minimum absolute atomic E-state index is 0.126. The van der Waals surface area contributed by atoms with Gasteiger partial charge in [0.25, 0.3) is 5.91 Å². The molecule has 2 atom stereocenters. The zero-order valence-corrected chi connectivity index (χ0v) is 19.2. The van der Waals surface area contributed by atoms with E-state index in [1.807, 2.05) is 26.8 Å². The molecule has 0 saturated heterocycles. The number of amides is 1. The number of pyridine rings is 1. The third-order valence-electron chi connectivity index (χ3n) is 5.61.